The van der Waals surface area contributed by atoms with Gasteiger partial charge >= 0.3 is 5.97 Å². The molecule has 0 atom stereocenters. The number of methoxy groups -OCH3 is 2. The summed E-state index contributed by atoms with van der Waals surface area (Å²) in [4.78, 5) is 15.2. The predicted molar refractivity (Wildman–Crippen MR) is 77.2 cm³/mol. The molecule has 0 amide bonds. The van der Waals surface area contributed by atoms with Crippen LogP contribution < -0.4 is 9.47 Å². The van der Waals surface area contributed by atoms with Gasteiger partial charge in [0.25, 0.3) is 0 Å². The van der Waals surface area contributed by atoms with Crippen LogP contribution in [0.2, 0.25) is 0 Å². The summed E-state index contributed by atoms with van der Waals surface area (Å²) in [5.74, 6) is -0.185. The third-order valence-electron chi connectivity index (χ3n) is 2.55. The minimum absolute atomic E-state index is 0.0885. The fourth-order valence-electron chi connectivity index (χ4n) is 1.75. The largest absolute Gasteiger partial charge is 0.496 e. The number of rotatable bonds is 3. The normalized spacial score (nSPS) is 10.5. The Hall–Kier alpha value is -1.34. The molecular formula is C12H9Br2NO4. The van der Waals surface area contributed by atoms with Gasteiger partial charge in [0.1, 0.15) is 11.5 Å². The molecule has 0 fully saturated rings. The second-order valence-corrected chi connectivity index (χ2v) is 5.32. The van der Waals surface area contributed by atoms with Crippen molar-refractivity contribution in [3.8, 4) is 11.5 Å². The van der Waals surface area contributed by atoms with Gasteiger partial charge in [-0.15, -0.1) is 0 Å². The average molecular weight is 391 g/mol. The van der Waals surface area contributed by atoms with Gasteiger partial charge in [0, 0.05) is 10.5 Å². The Morgan fingerprint density at radius 2 is 1.89 bits per heavy atom. The van der Waals surface area contributed by atoms with Gasteiger partial charge in [0.15, 0.2) is 5.69 Å². The average Bonchev–Trinajstić information content (AvgIpc) is 2.38. The van der Waals surface area contributed by atoms with Crippen LogP contribution in [0.5, 0.6) is 11.5 Å². The zero-order chi connectivity index (χ0) is 14.2. The van der Waals surface area contributed by atoms with Gasteiger partial charge in [-0.05, 0) is 37.9 Å². The summed E-state index contributed by atoms with van der Waals surface area (Å²) in [6.45, 7) is 0. The van der Waals surface area contributed by atoms with Gasteiger partial charge in [0.05, 0.1) is 29.6 Å². The number of nitrogens with zero attached hydrogens (tertiary/aromatic N) is 1. The molecule has 19 heavy (non-hydrogen) atoms. The third-order valence-corrected chi connectivity index (χ3v) is 3.74. The van der Waals surface area contributed by atoms with Gasteiger partial charge in [0.2, 0.25) is 0 Å². The van der Waals surface area contributed by atoms with Crippen LogP contribution in [0.25, 0.3) is 10.9 Å². The van der Waals surface area contributed by atoms with E-state index in [1.54, 1.807) is 6.07 Å². The summed E-state index contributed by atoms with van der Waals surface area (Å²) in [6, 6.07) is 3.12. The lowest BCUT2D eigenvalue weighted by molar-refractivity contribution is 0.0690. The first kappa shape index (κ1) is 14.1. The Morgan fingerprint density at radius 3 is 2.42 bits per heavy atom. The highest BCUT2D eigenvalue weighted by atomic mass is 79.9. The quantitative estimate of drug-likeness (QED) is 0.868. The monoisotopic (exact) mass is 389 g/mol. The van der Waals surface area contributed by atoms with E-state index in [0.717, 1.165) is 4.47 Å². The summed E-state index contributed by atoms with van der Waals surface area (Å²) in [5.41, 5.74) is 0.381. The molecule has 1 heterocycles. The van der Waals surface area contributed by atoms with E-state index in [1.807, 2.05) is 0 Å². The van der Waals surface area contributed by atoms with Crippen molar-refractivity contribution in [3.05, 3.63) is 26.8 Å². The molecule has 5 nitrogen and oxygen atoms in total. The van der Waals surface area contributed by atoms with E-state index in [2.05, 4.69) is 36.8 Å². The van der Waals surface area contributed by atoms with E-state index < -0.39 is 5.97 Å². The molecule has 0 aliphatic carbocycles. The smallest absolute Gasteiger partial charge is 0.354 e. The number of fused-ring (bicyclic) bond motifs is 1. The number of hydrogen-bond acceptors (Lipinski definition) is 4. The van der Waals surface area contributed by atoms with E-state index in [0.29, 0.717) is 26.9 Å². The fourth-order valence-corrected chi connectivity index (χ4v) is 3.16. The van der Waals surface area contributed by atoms with Crippen LogP contribution in [0, 0.1) is 0 Å². The summed E-state index contributed by atoms with van der Waals surface area (Å²) in [5, 5.41) is 9.67. The molecule has 1 aromatic carbocycles. The molecule has 1 aromatic heterocycles. The second kappa shape index (κ2) is 5.34. The van der Waals surface area contributed by atoms with Crippen LogP contribution in [0.3, 0.4) is 0 Å². The number of carbonyl (C=O) groups is 1. The van der Waals surface area contributed by atoms with Crippen molar-refractivity contribution in [2.45, 2.75) is 0 Å². The van der Waals surface area contributed by atoms with Gasteiger partial charge in [-0.1, -0.05) is 0 Å². The zero-order valence-electron chi connectivity index (χ0n) is 10.0. The molecule has 2 aromatic rings. The van der Waals surface area contributed by atoms with Crippen molar-refractivity contribution in [3.63, 3.8) is 0 Å². The van der Waals surface area contributed by atoms with Crippen LogP contribution in [0.15, 0.2) is 21.1 Å². The maximum absolute atomic E-state index is 11.1. The Kier molecular flexibility index (Phi) is 3.96. The number of ether oxygens (including phenoxy) is 2. The van der Waals surface area contributed by atoms with E-state index in [-0.39, 0.29) is 5.69 Å². The summed E-state index contributed by atoms with van der Waals surface area (Å²) in [6.07, 6.45) is 0. The summed E-state index contributed by atoms with van der Waals surface area (Å²) in [7, 11) is 2.99. The Balaban J connectivity index is 2.96. The number of benzene rings is 1. The predicted octanol–water partition coefficient (Wildman–Crippen LogP) is 3.48. The first-order valence-corrected chi connectivity index (χ1v) is 6.72. The molecule has 0 unspecified atom stereocenters. The van der Waals surface area contributed by atoms with Crippen molar-refractivity contribution in [2.24, 2.45) is 0 Å². The van der Waals surface area contributed by atoms with Gasteiger partial charge in [-0.3, -0.25) is 0 Å². The fraction of sp³-hybridized carbons (Fsp3) is 0.167. The first-order chi connectivity index (χ1) is 8.99. The number of hydrogen-bond donors (Lipinski definition) is 1. The third kappa shape index (κ3) is 2.40. The molecule has 0 aliphatic heterocycles. The van der Waals surface area contributed by atoms with Gasteiger partial charge < -0.3 is 14.6 Å². The molecule has 100 valence electrons. The zero-order valence-corrected chi connectivity index (χ0v) is 13.2. The van der Waals surface area contributed by atoms with Crippen molar-refractivity contribution >= 4 is 48.7 Å². The number of aromatic carboxylic acids is 1. The van der Waals surface area contributed by atoms with Crippen LogP contribution in [-0.4, -0.2) is 30.3 Å². The highest BCUT2D eigenvalue weighted by Crippen LogP contribution is 2.42. The van der Waals surface area contributed by atoms with Crippen LogP contribution in [0.1, 0.15) is 10.5 Å². The summed E-state index contributed by atoms with van der Waals surface area (Å²) < 4.78 is 11.9. The maximum atomic E-state index is 11.1. The number of pyridine rings is 1. The van der Waals surface area contributed by atoms with Crippen molar-refractivity contribution in [2.75, 3.05) is 14.2 Å². The molecule has 0 radical (unpaired) electrons. The van der Waals surface area contributed by atoms with Crippen LogP contribution in [0.4, 0.5) is 0 Å². The Morgan fingerprint density at radius 1 is 1.21 bits per heavy atom. The number of carboxylic acids is 1. The number of aromatic nitrogens is 1. The first-order valence-electron chi connectivity index (χ1n) is 5.13. The highest BCUT2D eigenvalue weighted by molar-refractivity contribution is 9.11. The molecule has 7 heteroatoms. The molecule has 0 aliphatic rings. The molecule has 2 rings (SSSR count). The van der Waals surface area contributed by atoms with Crippen molar-refractivity contribution < 1.29 is 19.4 Å². The van der Waals surface area contributed by atoms with E-state index in [1.165, 1.54) is 20.3 Å². The Bertz CT molecular complexity index is 673. The minimum atomic E-state index is -1.12. The SMILES string of the molecule is COc1cc(C(=O)O)nc2c(Br)cc(Br)c(OC)c12. The van der Waals surface area contributed by atoms with Crippen molar-refractivity contribution in [1.29, 1.82) is 0 Å². The van der Waals surface area contributed by atoms with Crippen molar-refractivity contribution in [1.82, 2.24) is 4.98 Å². The van der Waals surface area contributed by atoms with E-state index >= 15 is 0 Å². The number of carboxylic acid groups (broad SMARTS) is 1. The second-order valence-electron chi connectivity index (χ2n) is 3.61. The lowest BCUT2D eigenvalue weighted by atomic mass is 10.1. The van der Waals surface area contributed by atoms with Crippen LogP contribution >= 0.6 is 31.9 Å². The summed E-state index contributed by atoms with van der Waals surface area (Å²) >= 11 is 6.75. The molecular weight excluding hydrogens is 382 g/mol. The Labute approximate surface area is 125 Å². The topological polar surface area (TPSA) is 68.7 Å². The molecule has 0 saturated carbocycles. The number of halogens is 2. The highest BCUT2D eigenvalue weighted by Gasteiger charge is 2.19. The maximum Gasteiger partial charge on any atom is 0.354 e. The molecule has 0 spiro atoms. The van der Waals surface area contributed by atoms with E-state index in [4.69, 9.17) is 14.6 Å². The lowest BCUT2D eigenvalue weighted by Gasteiger charge is -2.13. The van der Waals surface area contributed by atoms with E-state index in [9.17, 15) is 4.79 Å². The minimum Gasteiger partial charge on any atom is -0.496 e. The standard InChI is InChI=1S/C12H9Br2NO4/c1-18-8-4-7(12(16)17)15-10-5(13)3-6(14)11(19-2)9(8)10/h3-4H,1-2H3,(H,16,17). The molecule has 1 N–H and O–H groups in total. The molecule has 0 bridgehead atoms. The van der Waals surface area contributed by atoms with Gasteiger partial charge in [-0.2, -0.15) is 0 Å². The molecule has 0 saturated heterocycles. The van der Waals surface area contributed by atoms with Gasteiger partial charge in [-0.25, -0.2) is 9.78 Å². The lowest BCUT2D eigenvalue weighted by Crippen LogP contribution is -2.03. The van der Waals surface area contributed by atoms with Crippen LogP contribution in [-0.2, 0) is 0 Å².